The minimum absolute atomic E-state index is 0.0915. The van der Waals surface area contributed by atoms with Crippen LogP contribution in [0.25, 0.3) is 0 Å². The predicted molar refractivity (Wildman–Crippen MR) is 81.0 cm³/mol. The minimum atomic E-state index is -0.0915. The average Bonchev–Trinajstić information content (AvgIpc) is 3.21. The monoisotopic (exact) mass is 282 g/mol. The molecule has 1 aromatic rings. The molecule has 1 saturated carbocycles. The third-order valence-electron chi connectivity index (χ3n) is 3.40. The summed E-state index contributed by atoms with van der Waals surface area (Å²) in [5.41, 5.74) is 1.99. The van der Waals surface area contributed by atoms with Crippen LogP contribution in [0.3, 0.4) is 0 Å². The fourth-order valence-electron chi connectivity index (χ4n) is 2.03. The molecule has 0 aliphatic heterocycles. The Balaban J connectivity index is 1.91. The van der Waals surface area contributed by atoms with E-state index in [4.69, 9.17) is 0 Å². The molecule has 0 bridgehead atoms. The molecule has 1 aliphatic carbocycles. The van der Waals surface area contributed by atoms with Crippen LogP contribution in [0.2, 0.25) is 0 Å². The van der Waals surface area contributed by atoms with Crippen molar-refractivity contribution in [3.05, 3.63) is 35.1 Å². The number of nitrogens with one attached hydrogen (secondary N) is 1. The Hall–Kier alpha value is -0.580. The van der Waals surface area contributed by atoms with E-state index < -0.39 is 0 Å². The van der Waals surface area contributed by atoms with Gasteiger partial charge in [-0.3, -0.25) is 0 Å². The Bertz CT molecular complexity index is 407. The second-order valence-corrected chi connectivity index (χ2v) is 6.30. The van der Waals surface area contributed by atoms with Gasteiger partial charge >= 0.3 is 0 Å². The summed E-state index contributed by atoms with van der Waals surface area (Å²) < 4.78 is 13.8. The zero-order valence-electron chi connectivity index (χ0n) is 11.8. The molecule has 0 heterocycles. The first-order chi connectivity index (χ1) is 9.19. The smallest absolute Gasteiger partial charge is 0.127 e. The van der Waals surface area contributed by atoms with Gasteiger partial charge in [-0.25, -0.2) is 4.39 Å². The van der Waals surface area contributed by atoms with Crippen molar-refractivity contribution in [1.29, 1.82) is 0 Å². The molecule has 1 aromatic carbocycles. The van der Waals surface area contributed by atoms with Gasteiger partial charge in [0.2, 0.25) is 0 Å². The minimum Gasteiger partial charge on any atom is -0.310 e. The van der Waals surface area contributed by atoms with Gasteiger partial charge in [-0.05, 0) is 37.8 Å². The van der Waals surface area contributed by atoms with Crippen LogP contribution in [-0.2, 0) is 13.1 Å². The fraction of sp³-hybridized carbons (Fsp3) is 0.600. The number of hydrogen-bond donors (Lipinski definition) is 1. The molecule has 0 atom stereocenters. The Morgan fingerprint density at radius 1 is 1.42 bits per heavy atom. The molecule has 0 aromatic heterocycles. The summed E-state index contributed by atoms with van der Waals surface area (Å²) >= 11 is 1.82. The maximum absolute atomic E-state index is 13.8. The highest BCUT2D eigenvalue weighted by molar-refractivity contribution is 7.98. The van der Waals surface area contributed by atoms with Crippen molar-refractivity contribution < 1.29 is 4.39 Å². The molecule has 0 saturated heterocycles. The molecule has 1 N–H and O–H groups in total. The maximum Gasteiger partial charge on any atom is 0.127 e. The van der Waals surface area contributed by atoms with Crippen LogP contribution >= 0.6 is 11.8 Å². The van der Waals surface area contributed by atoms with Gasteiger partial charge in [-0.1, -0.05) is 12.1 Å². The fourth-order valence-corrected chi connectivity index (χ4v) is 2.52. The number of nitrogens with zero attached hydrogens (tertiary/aromatic N) is 1. The quantitative estimate of drug-likeness (QED) is 0.789. The lowest BCUT2D eigenvalue weighted by atomic mass is 10.1. The third-order valence-corrected chi connectivity index (χ3v) is 3.99. The van der Waals surface area contributed by atoms with E-state index in [1.807, 2.05) is 30.9 Å². The first-order valence-corrected chi connectivity index (χ1v) is 8.26. The number of hydrogen-bond acceptors (Lipinski definition) is 3. The molecule has 1 aliphatic rings. The normalized spacial score (nSPS) is 15.2. The Morgan fingerprint density at radius 2 is 2.21 bits per heavy atom. The van der Waals surface area contributed by atoms with Crippen molar-refractivity contribution in [2.75, 3.05) is 25.6 Å². The van der Waals surface area contributed by atoms with Crippen molar-refractivity contribution in [3.8, 4) is 0 Å². The van der Waals surface area contributed by atoms with Crippen LogP contribution in [0.15, 0.2) is 18.2 Å². The molecule has 0 amide bonds. The van der Waals surface area contributed by atoms with Crippen molar-refractivity contribution in [1.82, 2.24) is 10.2 Å². The molecule has 0 unspecified atom stereocenters. The van der Waals surface area contributed by atoms with E-state index in [2.05, 4.69) is 16.5 Å². The lowest BCUT2D eigenvalue weighted by Gasteiger charge is -2.17. The van der Waals surface area contributed by atoms with E-state index in [9.17, 15) is 4.39 Å². The van der Waals surface area contributed by atoms with Crippen LogP contribution < -0.4 is 5.32 Å². The summed E-state index contributed by atoms with van der Waals surface area (Å²) in [7, 11) is 2.05. The van der Waals surface area contributed by atoms with Crippen LogP contribution in [0.1, 0.15) is 24.0 Å². The summed E-state index contributed by atoms with van der Waals surface area (Å²) in [5, 5.41) is 3.47. The number of benzene rings is 1. The maximum atomic E-state index is 13.8. The Morgan fingerprint density at radius 3 is 2.89 bits per heavy atom. The van der Waals surface area contributed by atoms with E-state index >= 15 is 0 Å². The zero-order chi connectivity index (χ0) is 13.7. The van der Waals surface area contributed by atoms with E-state index in [0.717, 1.165) is 24.4 Å². The van der Waals surface area contributed by atoms with Gasteiger partial charge in [0, 0.05) is 37.0 Å². The lowest BCUT2D eigenvalue weighted by molar-refractivity contribution is 0.342. The third kappa shape index (κ3) is 5.13. The van der Waals surface area contributed by atoms with Gasteiger partial charge in [0.05, 0.1) is 0 Å². The van der Waals surface area contributed by atoms with E-state index in [0.29, 0.717) is 12.6 Å². The predicted octanol–water partition coefficient (Wildman–Crippen LogP) is 2.87. The first kappa shape index (κ1) is 14.8. The summed E-state index contributed by atoms with van der Waals surface area (Å²) in [4.78, 5) is 2.17. The molecule has 0 radical (unpaired) electrons. The number of rotatable bonds is 8. The highest BCUT2D eigenvalue weighted by Gasteiger charge is 2.20. The van der Waals surface area contributed by atoms with E-state index in [1.54, 1.807) is 6.07 Å². The van der Waals surface area contributed by atoms with Crippen LogP contribution in [-0.4, -0.2) is 36.5 Å². The summed E-state index contributed by atoms with van der Waals surface area (Å²) in [5.74, 6) is 0.993. The number of thioether (sulfide) groups is 1. The molecular weight excluding hydrogens is 259 g/mol. The average molecular weight is 282 g/mol. The zero-order valence-corrected chi connectivity index (χ0v) is 12.6. The Labute approximate surface area is 119 Å². The van der Waals surface area contributed by atoms with Gasteiger partial charge in [0.25, 0.3) is 0 Å². The highest BCUT2D eigenvalue weighted by Crippen LogP contribution is 2.20. The molecule has 0 spiro atoms. The molecular formula is C15H23FN2S. The lowest BCUT2D eigenvalue weighted by Crippen LogP contribution is -2.21. The summed E-state index contributed by atoms with van der Waals surface area (Å²) in [6.45, 7) is 2.53. The van der Waals surface area contributed by atoms with Crippen molar-refractivity contribution in [2.24, 2.45) is 0 Å². The van der Waals surface area contributed by atoms with Gasteiger partial charge in [-0.15, -0.1) is 0 Å². The van der Waals surface area contributed by atoms with Gasteiger partial charge < -0.3 is 10.2 Å². The summed E-state index contributed by atoms with van der Waals surface area (Å²) in [6, 6.07) is 6.18. The van der Waals surface area contributed by atoms with Gasteiger partial charge in [0.15, 0.2) is 0 Å². The standard InChI is InChI=1S/C15H23FN2S/c1-18(7-8-19-2)11-13-9-12(3-6-15(13)16)10-17-14-4-5-14/h3,6,9,14,17H,4-5,7-8,10-11H2,1-2H3. The van der Waals surface area contributed by atoms with Crippen LogP contribution in [0.4, 0.5) is 4.39 Å². The molecule has 4 heteroatoms. The van der Waals surface area contributed by atoms with Crippen LogP contribution in [0, 0.1) is 5.82 Å². The molecule has 106 valence electrons. The molecule has 1 fully saturated rings. The molecule has 19 heavy (non-hydrogen) atoms. The van der Waals surface area contributed by atoms with Crippen molar-refractivity contribution in [2.45, 2.75) is 32.0 Å². The largest absolute Gasteiger partial charge is 0.310 e. The topological polar surface area (TPSA) is 15.3 Å². The summed E-state index contributed by atoms with van der Waals surface area (Å²) in [6.07, 6.45) is 4.66. The second kappa shape index (κ2) is 7.27. The van der Waals surface area contributed by atoms with Crippen molar-refractivity contribution >= 4 is 11.8 Å². The van der Waals surface area contributed by atoms with Crippen LogP contribution in [0.5, 0.6) is 0 Å². The van der Waals surface area contributed by atoms with Crippen molar-refractivity contribution in [3.63, 3.8) is 0 Å². The number of halogens is 1. The SMILES string of the molecule is CSCCN(C)Cc1cc(CNC2CC2)ccc1F. The van der Waals surface area contributed by atoms with Gasteiger partial charge in [0.1, 0.15) is 5.82 Å². The van der Waals surface area contributed by atoms with E-state index in [-0.39, 0.29) is 5.82 Å². The second-order valence-electron chi connectivity index (χ2n) is 5.31. The first-order valence-electron chi connectivity index (χ1n) is 6.87. The molecule has 2 nitrogen and oxygen atoms in total. The highest BCUT2D eigenvalue weighted by atomic mass is 32.2. The molecule has 2 rings (SSSR count). The van der Waals surface area contributed by atoms with Gasteiger partial charge in [-0.2, -0.15) is 11.8 Å². The van der Waals surface area contributed by atoms with E-state index in [1.165, 1.54) is 18.4 Å². The Kier molecular flexibility index (Phi) is 5.67.